The highest BCUT2D eigenvalue weighted by molar-refractivity contribution is 7.89. The molecular formula is C31H35F3N4O7S. The van der Waals surface area contributed by atoms with E-state index >= 15 is 0 Å². The number of anilines is 1. The number of nitrogens with zero attached hydrogens (tertiary/aromatic N) is 2. The molecule has 1 saturated heterocycles. The van der Waals surface area contributed by atoms with E-state index in [0.717, 1.165) is 47.0 Å². The lowest BCUT2D eigenvalue weighted by Gasteiger charge is -2.34. The number of sulfonamides is 1. The molecule has 0 spiro atoms. The summed E-state index contributed by atoms with van der Waals surface area (Å²) in [4.78, 5) is 35.7. The van der Waals surface area contributed by atoms with Gasteiger partial charge in [-0.3, -0.25) is 4.79 Å². The molecule has 46 heavy (non-hydrogen) atoms. The van der Waals surface area contributed by atoms with E-state index in [1.165, 1.54) is 36.1 Å². The molecular weight excluding hydrogens is 629 g/mol. The van der Waals surface area contributed by atoms with Gasteiger partial charge in [0.1, 0.15) is 5.75 Å². The van der Waals surface area contributed by atoms with Crippen LogP contribution in [0.1, 0.15) is 34.8 Å². The number of piperazine rings is 1. The number of alkyl halides is 3. The van der Waals surface area contributed by atoms with E-state index in [9.17, 15) is 36.0 Å². The smallest absolute Gasteiger partial charge is 0.465 e. The third-order valence-corrected chi connectivity index (χ3v) is 8.66. The van der Waals surface area contributed by atoms with E-state index in [-0.39, 0.29) is 42.3 Å². The fourth-order valence-electron chi connectivity index (χ4n) is 4.44. The summed E-state index contributed by atoms with van der Waals surface area (Å²) < 4.78 is 72.0. The van der Waals surface area contributed by atoms with Crippen molar-refractivity contribution < 1.29 is 45.4 Å². The van der Waals surface area contributed by atoms with Crippen LogP contribution >= 0.6 is 0 Å². The molecule has 3 aromatic carbocycles. The number of nitrogens with one attached hydrogen (secondary N) is 2. The molecule has 1 heterocycles. The quantitative estimate of drug-likeness (QED) is 0.235. The van der Waals surface area contributed by atoms with Crippen LogP contribution in [-0.2, 0) is 32.5 Å². The zero-order valence-corrected chi connectivity index (χ0v) is 26.1. The fraction of sp³-hybridized carbons (Fsp3) is 0.323. The molecule has 0 unspecified atom stereocenters. The van der Waals surface area contributed by atoms with E-state index in [2.05, 4.69) is 51.3 Å². The second kappa shape index (κ2) is 16.6. The molecule has 0 radical (unpaired) electrons. The van der Waals surface area contributed by atoms with Crippen LogP contribution in [-0.4, -0.2) is 75.7 Å². The predicted octanol–water partition coefficient (Wildman–Crippen LogP) is 4.80. The van der Waals surface area contributed by atoms with Gasteiger partial charge in [0.15, 0.2) is 0 Å². The largest absolute Gasteiger partial charge is 0.573 e. The van der Waals surface area contributed by atoms with E-state index in [0.29, 0.717) is 6.54 Å². The summed E-state index contributed by atoms with van der Waals surface area (Å²) in [5.74, 6) is -1.15. The Balaban J connectivity index is 0.000000370. The van der Waals surface area contributed by atoms with E-state index in [1.807, 2.05) is 0 Å². The second-order valence-corrected chi connectivity index (χ2v) is 11.9. The van der Waals surface area contributed by atoms with E-state index in [4.69, 9.17) is 0 Å². The Labute approximate surface area is 265 Å². The predicted molar refractivity (Wildman–Crippen MR) is 164 cm³/mol. The Bertz CT molecular complexity index is 1560. The number of amides is 3. The number of urea groups is 1. The van der Waals surface area contributed by atoms with Gasteiger partial charge in [0.2, 0.25) is 16.4 Å². The maximum absolute atomic E-state index is 12.8. The molecule has 0 atom stereocenters. The number of hydrogen-bond donors (Lipinski definition) is 2. The van der Waals surface area contributed by atoms with Crippen LogP contribution in [0.15, 0.2) is 77.7 Å². The molecule has 1 aliphatic rings. The van der Waals surface area contributed by atoms with Gasteiger partial charge >= 0.3 is 18.4 Å². The number of para-hydroxylation sites is 1. The van der Waals surface area contributed by atoms with Crippen molar-refractivity contribution in [2.24, 2.45) is 0 Å². The first-order chi connectivity index (χ1) is 21.9. The number of ether oxygens (including phenoxy) is 2. The molecule has 1 fully saturated rings. The average molecular weight is 665 g/mol. The summed E-state index contributed by atoms with van der Waals surface area (Å²) in [6.07, 6.45) is -1.86. The first-order valence-electron chi connectivity index (χ1n) is 14.2. The Morgan fingerprint density at radius 3 is 2.09 bits per heavy atom. The van der Waals surface area contributed by atoms with Gasteiger partial charge in [0, 0.05) is 32.7 Å². The number of benzene rings is 3. The van der Waals surface area contributed by atoms with Gasteiger partial charge in [0.25, 0.3) is 0 Å². The van der Waals surface area contributed by atoms with Crippen LogP contribution in [0, 0.1) is 0 Å². The number of methoxy groups -OCH3 is 1. The molecule has 11 nitrogen and oxygen atoms in total. The summed E-state index contributed by atoms with van der Waals surface area (Å²) in [6.45, 7) is 2.89. The topological polar surface area (TPSA) is 134 Å². The van der Waals surface area contributed by atoms with Gasteiger partial charge in [0.05, 0.1) is 23.3 Å². The number of hydrogen-bond acceptors (Lipinski definition) is 7. The number of rotatable bonds is 10. The van der Waals surface area contributed by atoms with Crippen LogP contribution < -0.4 is 15.4 Å². The van der Waals surface area contributed by atoms with Gasteiger partial charge in [-0.15, -0.1) is 13.2 Å². The Kier molecular flexibility index (Phi) is 12.9. The molecule has 2 N–H and O–H groups in total. The standard InChI is InChI=1S/C20H20F3N3O6S.C11H15NO/c1-31-18(27)16-4-2-3-5-17(16)24-19(28)25-10-12-26(13-11-25)33(29,30)15-8-6-14(7-9-15)32-20(21,22)23;1-2-3-10-4-6-11(7-5-10)8-12-9-13/h2-9H,10-13H2,1H3,(H,24,28);4-7,9H,2-3,8H2,1H3,(H,12,13). The van der Waals surface area contributed by atoms with Gasteiger partial charge in [-0.25, -0.2) is 18.0 Å². The Morgan fingerprint density at radius 2 is 1.52 bits per heavy atom. The van der Waals surface area contributed by atoms with Crippen molar-refractivity contribution in [1.82, 2.24) is 14.5 Å². The van der Waals surface area contributed by atoms with Crippen molar-refractivity contribution in [3.05, 3.63) is 89.5 Å². The van der Waals surface area contributed by atoms with E-state index in [1.54, 1.807) is 12.1 Å². The van der Waals surface area contributed by atoms with Crippen LogP contribution in [0.4, 0.5) is 23.7 Å². The van der Waals surface area contributed by atoms with Crippen molar-refractivity contribution in [3.8, 4) is 5.75 Å². The first-order valence-corrected chi connectivity index (χ1v) is 15.7. The lowest BCUT2D eigenvalue weighted by Crippen LogP contribution is -2.51. The lowest BCUT2D eigenvalue weighted by atomic mass is 10.1. The highest BCUT2D eigenvalue weighted by Gasteiger charge is 2.33. The third-order valence-electron chi connectivity index (χ3n) is 6.75. The number of halogens is 3. The van der Waals surface area contributed by atoms with Crippen molar-refractivity contribution in [3.63, 3.8) is 0 Å². The molecule has 0 aliphatic carbocycles. The third kappa shape index (κ3) is 10.5. The zero-order valence-electron chi connectivity index (χ0n) is 25.2. The minimum absolute atomic E-state index is 0.0186. The summed E-state index contributed by atoms with van der Waals surface area (Å²) in [5.41, 5.74) is 2.93. The highest BCUT2D eigenvalue weighted by atomic mass is 32.2. The van der Waals surface area contributed by atoms with Crippen molar-refractivity contribution in [2.45, 2.75) is 37.6 Å². The van der Waals surface area contributed by atoms with Gasteiger partial charge in [-0.05, 0) is 53.9 Å². The molecule has 15 heteroatoms. The highest BCUT2D eigenvalue weighted by Crippen LogP contribution is 2.26. The SMILES string of the molecule is CCCc1ccc(CNC=O)cc1.COC(=O)c1ccccc1NC(=O)N1CCN(S(=O)(=O)c2ccc(OC(F)(F)F)cc2)CC1. The van der Waals surface area contributed by atoms with Crippen LogP contribution in [0.5, 0.6) is 5.75 Å². The zero-order chi connectivity index (χ0) is 33.7. The molecule has 248 valence electrons. The maximum Gasteiger partial charge on any atom is 0.573 e. The minimum Gasteiger partial charge on any atom is -0.465 e. The summed E-state index contributed by atoms with van der Waals surface area (Å²) in [7, 11) is -2.76. The van der Waals surface area contributed by atoms with Crippen molar-refractivity contribution in [1.29, 1.82) is 0 Å². The number of carbonyl (C=O) groups excluding carboxylic acids is 3. The van der Waals surface area contributed by atoms with Crippen molar-refractivity contribution in [2.75, 3.05) is 38.6 Å². The molecule has 4 rings (SSSR count). The first kappa shape index (κ1) is 35.8. The van der Waals surface area contributed by atoms with Crippen LogP contribution in [0.3, 0.4) is 0 Å². The number of aryl methyl sites for hydroxylation is 1. The second-order valence-electron chi connectivity index (χ2n) is 9.94. The average Bonchev–Trinajstić information content (AvgIpc) is 3.04. The van der Waals surface area contributed by atoms with Crippen LogP contribution in [0.25, 0.3) is 0 Å². The monoisotopic (exact) mass is 664 g/mol. The molecule has 0 aromatic heterocycles. The minimum atomic E-state index is -4.88. The van der Waals surface area contributed by atoms with Gasteiger partial charge in [-0.1, -0.05) is 49.7 Å². The molecule has 0 bridgehead atoms. The van der Waals surface area contributed by atoms with Crippen molar-refractivity contribution >= 4 is 34.1 Å². The van der Waals surface area contributed by atoms with Gasteiger partial charge < -0.3 is 25.0 Å². The molecule has 3 amide bonds. The fourth-order valence-corrected chi connectivity index (χ4v) is 5.86. The summed E-state index contributed by atoms with van der Waals surface area (Å²) in [5, 5.41) is 5.25. The maximum atomic E-state index is 12.8. The Hall–Kier alpha value is -4.63. The Morgan fingerprint density at radius 1 is 0.913 bits per heavy atom. The lowest BCUT2D eigenvalue weighted by molar-refractivity contribution is -0.274. The van der Waals surface area contributed by atoms with Gasteiger partial charge in [-0.2, -0.15) is 4.31 Å². The summed E-state index contributed by atoms with van der Waals surface area (Å²) in [6, 6.07) is 18.0. The molecule has 3 aromatic rings. The number of carbonyl (C=O) groups is 3. The normalized spacial score (nSPS) is 13.5. The molecule has 1 aliphatic heterocycles. The number of esters is 1. The van der Waals surface area contributed by atoms with Crippen LogP contribution in [0.2, 0.25) is 0 Å². The molecule has 0 saturated carbocycles. The summed E-state index contributed by atoms with van der Waals surface area (Å²) >= 11 is 0. The van der Waals surface area contributed by atoms with E-state index < -0.39 is 34.1 Å².